The summed E-state index contributed by atoms with van der Waals surface area (Å²) in [6.45, 7) is 0. The quantitative estimate of drug-likeness (QED) is 0.726. The fourth-order valence-electron chi connectivity index (χ4n) is 2.69. The summed E-state index contributed by atoms with van der Waals surface area (Å²) in [6, 6.07) is 7.48. The van der Waals surface area contributed by atoms with E-state index in [1.807, 2.05) is 35.7 Å². The minimum Gasteiger partial charge on any atom is -0.507 e. The molecule has 2 aromatic carbocycles. The first-order chi connectivity index (χ1) is 10.8. The van der Waals surface area contributed by atoms with Crippen LogP contribution >= 0.6 is 47.0 Å². The third kappa shape index (κ3) is 2.50. The van der Waals surface area contributed by atoms with Gasteiger partial charge in [0.15, 0.2) is 0 Å². The van der Waals surface area contributed by atoms with Crippen molar-refractivity contribution in [2.45, 2.75) is 19.6 Å². The lowest BCUT2D eigenvalue weighted by Crippen LogP contribution is -2.00. The third-order valence-corrected chi connectivity index (χ3v) is 8.76. The van der Waals surface area contributed by atoms with Crippen molar-refractivity contribution in [2.75, 3.05) is 23.0 Å². The van der Waals surface area contributed by atoms with Crippen molar-refractivity contribution in [3.05, 3.63) is 24.3 Å². The third-order valence-electron chi connectivity index (χ3n) is 3.62. The number of phenols is 2. The topological polar surface area (TPSA) is 40.5 Å². The van der Waals surface area contributed by atoms with Crippen LogP contribution in [-0.2, 0) is 0 Å². The molecule has 22 heavy (non-hydrogen) atoms. The fraction of sp³-hybridized carbons (Fsp3) is 0.250. The van der Waals surface area contributed by atoms with Crippen molar-refractivity contribution in [3.8, 4) is 22.6 Å². The molecule has 2 aliphatic rings. The second-order valence-corrected chi connectivity index (χ2v) is 9.45. The maximum Gasteiger partial charge on any atom is 0.124 e. The molecule has 2 heterocycles. The number of rotatable bonds is 1. The highest BCUT2D eigenvalue weighted by Crippen LogP contribution is 2.53. The molecule has 2 N–H and O–H groups in total. The lowest BCUT2D eigenvalue weighted by atomic mass is 10.0. The Morgan fingerprint density at radius 3 is 1.45 bits per heavy atom. The molecule has 4 rings (SSSR count). The van der Waals surface area contributed by atoms with Gasteiger partial charge >= 0.3 is 0 Å². The van der Waals surface area contributed by atoms with Gasteiger partial charge in [0.2, 0.25) is 0 Å². The van der Waals surface area contributed by atoms with Crippen molar-refractivity contribution in [3.63, 3.8) is 0 Å². The van der Waals surface area contributed by atoms with E-state index >= 15 is 0 Å². The molecule has 0 atom stereocenters. The normalized spacial score (nSPS) is 16.9. The summed E-state index contributed by atoms with van der Waals surface area (Å²) in [7, 11) is 0. The second-order valence-electron chi connectivity index (χ2n) is 4.97. The first kappa shape index (κ1) is 15.0. The summed E-state index contributed by atoms with van der Waals surface area (Å²) >= 11 is 7.20. The summed E-state index contributed by atoms with van der Waals surface area (Å²) in [6.07, 6.45) is 0. The highest BCUT2D eigenvalue weighted by molar-refractivity contribution is 8.06. The van der Waals surface area contributed by atoms with Crippen molar-refractivity contribution in [1.29, 1.82) is 0 Å². The van der Waals surface area contributed by atoms with Gasteiger partial charge in [-0.15, -0.1) is 47.0 Å². The van der Waals surface area contributed by atoms with E-state index in [1.54, 1.807) is 35.7 Å². The van der Waals surface area contributed by atoms with Gasteiger partial charge in [-0.05, 0) is 24.3 Å². The molecule has 114 valence electrons. The zero-order valence-electron chi connectivity index (χ0n) is 11.7. The Morgan fingerprint density at radius 1 is 0.591 bits per heavy atom. The van der Waals surface area contributed by atoms with Gasteiger partial charge in [0, 0.05) is 53.7 Å². The maximum absolute atomic E-state index is 10.5. The Bertz CT molecular complexity index is 682. The lowest BCUT2D eigenvalue weighted by Gasteiger charge is -2.24. The molecule has 2 nitrogen and oxygen atoms in total. The van der Waals surface area contributed by atoms with Crippen LogP contribution in [0.15, 0.2) is 43.8 Å². The van der Waals surface area contributed by atoms with E-state index in [0.29, 0.717) is 0 Å². The Kier molecular flexibility index (Phi) is 4.19. The highest BCUT2D eigenvalue weighted by atomic mass is 32.2. The number of hydrogen-bond acceptors (Lipinski definition) is 6. The Labute approximate surface area is 146 Å². The standard InChI is InChI=1S/C16H14O2S4/c17-9-1-3-11-15(21-7-5-19-11)13(9)14-10(18)2-4-12-16(14)22-8-6-20-12/h1-4,17-18H,5-8H2. The maximum atomic E-state index is 10.5. The van der Waals surface area contributed by atoms with Gasteiger partial charge in [-0.2, -0.15) is 0 Å². The SMILES string of the molecule is Oc1ccc2c(c1-c1c(O)ccc3c1SCCS3)SCCS2. The number of phenolic OH excluding ortho intramolecular Hbond substituents is 2. The Balaban J connectivity index is 2.00. The molecule has 0 fully saturated rings. The van der Waals surface area contributed by atoms with Crippen molar-refractivity contribution < 1.29 is 10.2 Å². The molecular formula is C16H14O2S4. The van der Waals surface area contributed by atoms with E-state index in [-0.39, 0.29) is 11.5 Å². The van der Waals surface area contributed by atoms with Crippen LogP contribution in [0.3, 0.4) is 0 Å². The number of hydrogen-bond donors (Lipinski definition) is 2. The minimum atomic E-state index is 0.258. The molecule has 0 saturated heterocycles. The average molecular weight is 367 g/mol. The van der Waals surface area contributed by atoms with Gasteiger partial charge in [0.1, 0.15) is 11.5 Å². The molecule has 0 aliphatic carbocycles. The van der Waals surface area contributed by atoms with Crippen LogP contribution in [0.5, 0.6) is 11.5 Å². The first-order valence-corrected chi connectivity index (χ1v) is 10.9. The smallest absolute Gasteiger partial charge is 0.124 e. The molecule has 0 saturated carbocycles. The number of fused-ring (bicyclic) bond motifs is 2. The van der Waals surface area contributed by atoms with Gasteiger partial charge in [0.05, 0.1) is 0 Å². The van der Waals surface area contributed by atoms with Crippen molar-refractivity contribution >= 4 is 47.0 Å². The molecule has 2 aliphatic heterocycles. The van der Waals surface area contributed by atoms with Crippen LogP contribution in [0.4, 0.5) is 0 Å². The monoisotopic (exact) mass is 366 g/mol. The van der Waals surface area contributed by atoms with Gasteiger partial charge < -0.3 is 10.2 Å². The molecule has 0 bridgehead atoms. The summed E-state index contributed by atoms with van der Waals surface area (Å²) in [5.74, 6) is 4.76. The van der Waals surface area contributed by atoms with E-state index in [1.165, 1.54) is 9.79 Å². The molecule has 0 spiro atoms. The van der Waals surface area contributed by atoms with E-state index in [4.69, 9.17) is 0 Å². The molecule has 6 heteroatoms. The largest absolute Gasteiger partial charge is 0.507 e. The molecule has 0 amide bonds. The fourth-order valence-corrected chi connectivity index (χ4v) is 7.50. The van der Waals surface area contributed by atoms with Crippen LogP contribution in [0.25, 0.3) is 11.1 Å². The van der Waals surface area contributed by atoms with E-state index < -0.39 is 0 Å². The molecule has 2 aromatic rings. The van der Waals surface area contributed by atoms with E-state index in [9.17, 15) is 10.2 Å². The lowest BCUT2D eigenvalue weighted by molar-refractivity contribution is 0.466. The van der Waals surface area contributed by atoms with Gasteiger partial charge in [0.25, 0.3) is 0 Å². The van der Waals surface area contributed by atoms with Crippen LogP contribution in [0, 0.1) is 0 Å². The predicted octanol–water partition coefficient (Wildman–Crippen LogP) is 5.16. The number of benzene rings is 2. The van der Waals surface area contributed by atoms with Crippen LogP contribution in [-0.4, -0.2) is 33.2 Å². The second kappa shape index (κ2) is 6.15. The Hall–Kier alpha value is -0.560. The zero-order valence-corrected chi connectivity index (χ0v) is 14.9. The van der Waals surface area contributed by atoms with Crippen LogP contribution < -0.4 is 0 Å². The Morgan fingerprint density at radius 2 is 1.00 bits per heavy atom. The number of aromatic hydroxyl groups is 2. The van der Waals surface area contributed by atoms with E-state index in [0.717, 1.165) is 43.9 Å². The minimum absolute atomic E-state index is 0.258. The van der Waals surface area contributed by atoms with Crippen molar-refractivity contribution in [2.24, 2.45) is 0 Å². The highest BCUT2D eigenvalue weighted by Gasteiger charge is 2.26. The summed E-state index contributed by atoms with van der Waals surface area (Å²) in [5.41, 5.74) is 1.61. The van der Waals surface area contributed by atoms with E-state index in [2.05, 4.69) is 0 Å². The van der Waals surface area contributed by atoms with Crippen molar-refractivity contribution in [1.82, 2.24) is 0 Å². The molecule has 0 aromatic heterocycles. The zero-order chi connectivity index (χ0) is 15.1. The molecular weight excluding hydrogens is 352 g/mol. The molecule has 0 radical (unpaired) electrons. The van der Waals surface area contributed by atoms with Crippen LogP contribution in [0.2, 0.25) is 0 Å². The summed E-state index contributed by atoms with van der Waals surface area (Å²) in [5, 5.41) is 21.0. The first-order valence-electron chi connectivity index (χ1n) is 6.99. The predicted molar refractivity (Wildman–Crippen MR) is 98.1 cm³/mol. The molecule has 0 unspecified atom stereocenters. The summed E-state index contributed by atoms with van der Waals surface area (Å²) < 4.78 is 0. The van der Waals surface area contributed by atoms with Gasteiger partial charge in [-0.1, -0.05) is 0 Å². The van der Waals surface area contributed by atoms with Crippen LogP contribution in [0.1, 0.15) is 0 Å². The van der Waals surface area contributed by atoms with Gasteiger partial charge in [-0.3, -0.25) is 0 Å². The average Bonchev–Trinajstić information content (AvgIpc) is 2.56. The summed E-state index contributed by atoms with van der Waals surface area (Å²) in [4.78, 5) is 4.62. The number of thioether (sulfide) groups is 4. The van der Waals surface area contributed by atoms with Gasteiger partial charge in [-0.25, -0.2) is 0 Å².